The molecule has 0 aliphatic rings. The molecule has 0 fully saturated rings. The molecular formula is C13H16N2O2S. The summed E-state index contributed by atoms with van der Waals surface area (Å²) in [5, 5.41) is 13.0. The molecule has 5 heteroatoms. The fourth-order valence-corrected chi connectivity index (χ4v) is 2.25. The van der Waals surface area contributed by atoms with Gasteiger partial charge in [0.15, 0.2) is 5.13 Å². The molecule has 96 valence electrons. The van der Waals surface area contributed by atoms with Crippen LogP contribution in [0.1, 0.15) is 17.4 Å². The second-order valence-electron chi connectivity index (χ2n) is 3.75. The van der Waals surface area contributed by atoms with Crippen LogP contribution < -0.4 is 10.1 Å². The van der Waals surface area contributed by atoms with E-state index in [0.29, 0.717) is 6.61 Å². The lowest BCUT2D eigenvalue weighted by Crippen LogP contribution is -1.94. The summed E-state index contributed by atoms with van der Waals surface area (Å²) in [5.74, 6) is 0.797. The third-order valence-corrected chi connectivity index (χ3v) is 3.30. The zero-order valence-corrected chi connectivity index (χ0v) is 11.0. The average Bonchev–Trinajstić information content (AvgIpc) is 2.85. The van der Waals surface area contributed by atoms with Crippen LogP contribution in [0.4, 0.5) is 5.13 Å². The molecule has 2 N–H and O–H groups in total. The number of ether oxygens (including phenoxy) is 1. The SMILES string of the molecule is CCNc1ncc(COc2ccc(CO)cc2)s1. The highest BCUT2D eigenvalue weighted by Gasteiger charge is 2.02. The number of hydrogen-bond acceptors (Lipinski definition) is 5. The highest BCUT2D eigenvalue weighted by Crippen LogP contribution is 2.20. The molecule has 0 saturated carbocycles. The lowest BCUT2D eigenvalue weighted by atomic mass is 10.2. The first-order valence-corrected chi connectivity index (χ1v) is 6.64. The third-order valence-electron chi connectivity index (χ3n) is 2.37. The normalized spacial score (nSPS) is 10.3. The minimum absolute atomic E-state index is 0.0567. The van der Waals surface area contributed by atoms with Crippen LogP contribution in [0.15, 0.2) is 30.5 Å². The van der Waals surface area contributed by atoms with Crippen molar-refractivity contribution in [2.24, 2.45) is 0 Å². The van der Waals surface area contributed by atoms with E-state index in [1.807, 2.05) is 37.4 Å². The van der Waals surface area contributed by atoms with E-state index in [1.54, 1.807) is 11.3 Å². The zero-order valence-electron chi connectivity index (χ0n) is 10.2. The molecule has 1 heterocycles. The zero-order chi connectivity index (χ0) is 12.8. The smallest absolute Gasteiger partial charge is 0.182 e. The van der Waals surface area contributed by atoms with E-state index in [2.05, 4.69) is 10.3 Å². The number of anilines is 1. The van der Waals surface area contributed by atoms with Crippen LogP contribution >= 0.6 is 11.3 Å². The van der Waals surface area contributed by atoms with Crippen molar-refractivity contribution in [2.75, 3.05) is 11.9 Å². The van der Waals surface area contributed by atoms with E-state index < -0.39 is 0 Å². The summed E-state index contributed by atoms with van der Waals surface area (Å²) >= 11 is 1.60. The molecule has 0 spiro atoms. The average molecular weight is 264 g/mol. The molecule has 0 aliphatic carbocycles. The van der Waals surface area contributed by atoms with E-state index in [9.17, 15) is 0 Å². The first-order chi connectivity index (χ1) is 8.81. The number of thiazole rings is 1. The van der Waals surface area contributed by atoms with Gasteiger partial charge in [-0.15, -0.1) is 0 Å². The summed E-state index contributed by atoms with van der Waals surface area (Å²) in [6, 6.07) is 7.42. The third kappa shape index (κ3) is 3.45. The van der Waals surface area contributed by atoms with Crippen molar-refractivity contribution in [2.45, 2.75) is 20.1 Å². The van der Waals surface area contributed by atoms with E-state index >= 15 is 0 Å². The van der Waals surface area contributed by atoms with E-state index in [1.165, 1.54) is 0 Å². The molecule has 0 atom stereocenters. The molecule has 2 rings (SSSR count). The van der Waals surface area contributed by atoms with Gasteiger partial charge in [-0.05, 0) is 24.6 Å². The van der Waals surface area contributed by atoms with Gasteiger partial charge in [-0.3, -0.25) is 0 Å². The maximum Gasteiger partial charge on any atom is 0.182 e. The van der Waals surface area contributed by atoms with Crippen LogP contribution in [-0.4, -0.2) is 16.6 Å². The van der Waals surface area contributed by atoms with E-state index in [4.69, 9.17) is 9.84 Å². The van der Waals surface area contributed by atoms with E-state index in [-0.39, 0.29) is 6.61 Å². The van der Waals surface area contributed by atoms with Gasteiger partial charge in [-0.1, -0.05) is 23.5 Å². The molecule has 4 nitrogen and oxygen atoms in total. The van der Waals surface area contributed by atoms with Crippen LogP contribution in [0, 0.1) is 0 Å². The Morgan fingerprint density at radius 2 is 2.11 bits per heavy atom. The summed E-state index contributed by atoms with van der Waals surface area (Å²) < 4.78 is 5.64. The molecular weight excluding hydrogens is 248 g/mol. The predicted molar refractivity (Wildman–Crippen MR) is 73.0 cm³/mol. The van der Waals surface area contributed by atoms with Gasteiger partial charge in [0.1, 0.15) is 12.4 Å². The topological polar surface area (TPSA) is 54.4 Å². The van der Waals surface area contributed by atoms with Crippen molar-refractivity contribution in [3.8, 4) is 5.75 Å². The van der Waals surface area contributed by atoms with Gasteiger partial charge in [0.25, 0.3) is 0 Å². The summed E-state index contributed by atoms with van der Waals surface area (Å²) in [6.07, 6.45) is 1.82. The molecule has 1 aromatic carbocycles. The Kier molecular flexibility index (Phi) is 4.55. The van der Waals surface area contributed by atoms with Crippen LogP contribution in [0.3, 0.4) is 0 Å². The van der Waals surface area contributed by atoms with Crippen molar-refractivity contribution in [3.63, 3.8) is 0 Å². The molecule has 2 aromatic rings. The first-order valence-electron chi connectivity index (χ1n) is 5.83. The molecule has 1 aromatic heterocycles. The molecule has 0 bridgehead atoms. The Morgan fingerprint density at radius 3 is 2.78 bits per heavy atom. The number of nitrogens with zero attached hydrogens (tertiary/aromatic N) is 1. The van der Waals surface area contributed by atoms with Crippen molar-refractivity contribution < 1.29 is 9.84 Å². The molecule has 0 radical (unpaired) electrons. The van der Waals surface area contributed by atoms with Crippen molar-refractivity contribution in [1.29, 1.82) is 0 Å². The molecule has 0 aliphatic heterocycles. The van der Waals surface area contributed by atoms with Gasteiger partial charge >= 0.3 is 0 Å². The maximum atomic E-state index is 8.94. The number of hydrogen-bond donors (Lipinski definition) is 2. The van der Waals surface area contributed by atoms with Gasteiger partial charge in [0.05, 0.1) is 11.5 Å². The summed E-state index contributed by atoms with van der Waals surface area (Å²) in [5.41, 5.74) is 0.884. The number of aliphatic hydroxyl groups is 1. The van der Waals surface area contributed by atoms with Crippen molar-refractivity contribution in [1.82, 2.24) is 4.98 Å². The number of aliphatic hydroxyl groups excluding tert-OH is 1. The minimum Gasteiger partial charge on any atom is -0.488 e. The fraction of sp³-hybridized carbons (Fsp3) is 0.308. The molecule has 0 amide bonds. The van der Waals surface area contributed by atoms with Crippen molar-refractivity contribution >= 4 is 16.5 Å². The molecule has 0 saturated heterocycles. The summed E-state index contributed by atoms with van der Waals surface area (Å²) in [4.78, 5) is 5.32. The highest BCUT2D eigenvalue weighted by atomic mass is 32.1. The molecule has 18 heavy (non-hydrogen) atoms. The van der Waals surface area contributed by atoms with Crippen LogP contribution in [0.5, 0.6) is 5.75 Å². The number of rotatable bonds is 6. The van der Waals surface area contributed by atoms with E-state index in [0.717, 1.165) is 27.9 Å². The Balaban J connectivity index is 1.89. The van der Waals surface area contributed by atoms with Gasteiger partial charge in [-0.2, -0.15) is 0 Å². The standard InChI is InChI=1S/C13H16N2O2S/c1-2-14-13-15-7-12(18-13)9-17-11-5-3-10(8-16)4-6-11/h3-7,16H,2,8-9H2,1H3,(H,14,15). The monoisotopic (exact) mass is 264 g/mol. The fourth-order valence-electron chi connectivity index (χ4n) is 1.45. The Morgan fingerprint density at radius 1 is 1.33 bits per heavy atom. The van der Waals surface area contributed by atoms with Gasteiger partial charge in [-0.25, -0.2) is 4.98 Å². The maximum absolute atomic E-state index is 8.94. The number of benzene rings is 1. The Hall–Kier alpha value is -1.59. The number of nitrogens with one attached hydrogen (secondary N) is 1. The van der Waals surface area contributed by atoms with Crippen LogP contribution in [-0.2, 0) is 13.2 Å². The van der Waals surface area contributed by atoms with Crippen LogP contribution in [0.2, 0.25) is 0 Å². The highest BCUT2D eigenvalue weighted by molar-refractivity contribution is 7.15. The van der Waals surface area contributed by atoms with Crippen LogP contribution in [0.25, 0.3) is 0 Å². The Bertz CT molecular complexity index is 482. The summed E-state index contributed by atoms with van der Waals surface area (Å²) in [7, 11) is 0. The Labute approximate surface area is 110 Å². The predicted octanol–water partition coefficient (Wildman–Crippen LogP) is 2.65. The number of aromatic nitrogens is 1. The van der Waals surface area contributed by atoms with Gasteiger partial charge in [0, 0.05) is 12.7 Å². The second-order valence-corrected chi connectivity index (χ2v) is 4.87. The molecule has 0 unspecified atom stereocenters. The van der Waals surface area contributed by atoms with Gasteiger partial charge < -0.3 is 15.2 Å². The minimum atomic E-state index is 0.0567. The second kappa shape index (κ2) is 6.37. The summed E-state index contributed by atoms with van der Waals surface area (Å²) in [6.45, 7) is 3.49. The largest absolute Gasteiger partial charge is 0.488 e. The first kappa shape index (κ1) is 12.9. The lowest BCUT2D eigenvalue weighted by molar-refractivity contribution is 0.281. The van der Waals surface area contributed by atoms with Gasteiger partial charge in [0.2, 0.25) is 0 Å². The van der Waals surface area contributed by atoms with Crippen molar-refractivity contribution in [3.05, 3.63) is 40.9 Å². The lowest BCUT2D eigenvalue weighted by Gasteiger charge is -2.04. The quantitative estimate of drug-likeness (QED) is 0.842.